The smallest absolute Gasteiger partial charge is 0.388 e. The Kier molecular flexibility index (Phi) is 9.35. The van der Waals surface area contributed by atoms with Gasteiger partial charge in [0.25, 0.3) is 5.56 Å². The van der Waals surface area contributed by atoms with Crippen molar-refractivity contribution in [3.05, 3.63) is 93.9 Å². The number of rotatable bonds is 6. The van der Waals surface area contributed by atoms with Gasteiger partial charge >= 0.3 is 6.61 Å². The van der Waals surface area contributed by atoms with E-state index in [1.165, 1.54) is 29.2 Å². The van der Waals surface area contributed by atoms with Gasteiger partial charge in [-0.1, -0.05) is 31.4 Å². The van der Waals surface area contributed by atoms with E-state index in [4.69, 9.17) is 0 Å². The molecule has 0 N–H and O–H groups in total. The van der Waals surface area contributed by atoms with Gasteiger partial charge in [0.1, 0.15) is 17.3 Å². The first-order valence-corrected chi connectivity index (χ1v) is 12.7. The molecule has 0 radical (unpaired) electrons. The normalized spacial score (nSPS) is 13.6. The van der Waals surface area contributed by atoms with Crippen LogP contribution in [-0.4, -0.2) is 36.3 Å². The quantitative estimate of drug-likeness (QED) is 0.314. The molecule has 11 heteroatoms. The lowest BCUT2D eigenvalue weighted by Crippen LogP contribution is -2.30. The minimum Gasteiger partial charge on any atom is -0.415 e. The van der Waals surface area contributed by atoms with Crippen LogP contribution >= 0.6 is 0 Å². The number of benzene rings is 1. The topological polar surface area (TPSA) is 95.7 Å². The van der Waals surface area contributed by atoms with Gasteiger partial charge in [-0.25, -0.2) is 24.0 Å². The van der Waals surface area contributed by atoms with E-state index >= 15 is 0 Å². The molecule has 0 amide bonds. The van der Waals surface area contributed by atoms with Gasteiger partial charge in [-0.15, -0.1) is 0 Å². The van der Waals surface area contributed by atoms with Crippen molar-refractivity contribution < 1.29 is 17.9 Å². The first-order valence-electron chi connectivity index (χ1n) is 12.7. The van der Waals surface area contributed by atoms with Gasteiger partial charge in [0, 0.05) is 35.9 Å². The van der Waals surface area contributed by atoms with Gasteiger partial charge in [-0.2, -0.15) is 13.9 Å². The fraction of sp³-hybridized carbons (Fsp3) is 0.357. The molecule has 204 valence electrons. The number of aromatic nitrogens is 6. The lowest BCUT2D eigenvalue weighted by Gasteiger charge is -2.22. The van der Waals surface area contributed by atoms with Crippen molar-refractivity contribution in [3.63, 3.8) is 0 Å². The summed E-state index contributed by atoms with van der Waals surface area (Å²) in [6, 6.07) is 8.30. The predicted octanol–water partition coefficient (Wildman–Crippen LogP) is 5.63. The molecule has 1 aliphatic carbocycles. The summed E-state index contributed by atoms with van der Waals surface area (Å²) in [5, 5.41) is 4.46. The molecule has 4 aromatic rings. The van der Waals surface area contributed by atoms with E-state index in [-0.39, 0.29) is 35.4 Å². The SMILES string of the molecule is Cc1cccc(F)c1.Cc1ncc(-c2cc(C3CCCCC3)c(=O)n(Cc3nccnc3OC(F)F)n2)cn1. The number of aryl methyl sites for hydroxylation is 2. The summed E-state index contributed by atoms with van der Waals surface area (Å²) in [6.07, 6.45) is 11.0. The van der Waals surface area contributed by atoms with Gasteiger partial charge in [0.05, 0.1) is 12.2 Å². The van der Waals surface area contributed by atoms with Gasteiger partial charge in [-0.05, 0) is 56.4 Å². The van der Waals surface area contributed by atoms with E-state index in [0.29, 0.717) is 22.6 Å². The zero-order valence-electron chi connectivity index (χ0n) is 21.7. The Hall–Kier alpha value is -4.15. The monoisotopic (exact) mass is 538 g/mol. The molecule has 0 bridgehead atoms. The molecule has 8 nitrogen and oxygen atoms in total. The Labute approximate surface area is 224 Å². The largest absolute Gasteiger partial charge is 0.415 e. The third-order valence-electron chi connectivity index (χ3n) is 6.34. The van der Waals surface area contributed by atoms with Crippen molar-refractivity contribution in [1.82, 2.24) is 29.7 Å². The molecule has 0 atom stereocenters. The Morgan fingerprint density at radius 2 is 1.72 bits per heavy atom. The summed E-state index contributed by atoms with van der Waals surface area (Å²) in [5.74, 6) is 0.261. The summed E-state index contributed by atoms with van der Waals surface area (Å²) in [4.78, 5) is 29.6. The summed E-state index contributed by atoms with van der Waals surface area (Å²) in [5.41, 5.74) is 2.66. The summed E-state index contributed by atoms with van der Waals surface area (Å²) in [7, 11) is 0. The molecule has 1 saturated carbocycles. The number of halogens is 3. The van der Waals surface area contributed by atoms with Crippen LogP contribution in [0, 0.1) is 19.7 Å². The molecule has 3 aromatic heterocycles. The fourth-order valence-electron chi connectivity index (χ4n) is 4.43. The van der Waals surface area contributed by atoms with E-state index in [9.17, 15) is 18.0 Å². The first kappa shape index (κ1) is 27.9. The second-order valence-electron chi connectivity index (χ2n) is 9.29. The zero-order chi connectivity index (χ0) is 27.8. The molecular weight excluding hydrogens is 509 g/mol. The Morgan fingerprint density at radius 3 is 2.36 bits per heavy atom. The van der Waals surface area contributed by atoms with Crippen LogP contribution in [-0.2, 0) is 6.54 Å². The second kappa shape index (κ2) is 13.1. The molecular formula is C28H29F3N6O2. The Balaban J connectivity index is 0.000000379. The van der Waals surface area contributed by atoms with Crippen molar-refractivity contribution in [3.8, 4) is 17.1 Å². The molecule has 1 fully saturated rings. The highest BCUT2D eigenvalue weighted by Crippen LogP contribution is 2.32. The summed E-state index contributed by atoms with van der Waals surface area (Å²) >= 11 is 0. The number of nitrogens with zero attached hydrogens (tertiary/aromatic N) is 6. The lowest BCUT2D eigenvalue weighted by molar-refractivity contribution is -0.0539. The number of hydrogen-bond acceptors (Lipinski definition) is 7. The number of hydrogen-bond donors (Lipinski definition) is 0. The van der Waals surface area contributed by atoms with Gasteiger partial charge in [-0.3, -0.25) is 9.78 Å². The van der Waals surface area contributed by atoms with Gasteiger partial charge in [0.2, 0.25) is 5.88 Å². The van der Waals surface area contributed by atoms with Gasteiger partial charge < -0.3 is 4.74 Å². The zero-order valence-corrected chi connectivity index (χ0v) is 21.7. The van der Waals surface area contributed by atoms with Crippen LogP contribution in [0.1, 0.15) is 60.7 Å². The maximum atomic E-state index is 13.3. The highest BCUT2D eigenvalue weighted by Gasteiger charge is 2.22. The fourth-order valence-corrected chi connectivity index (χ4v) is 4.43. The van der Waals surface area contributed by atoms with Crippen LogP contribution in [0.3, 0.4) is 0 Å². The van der Waals surface area contributed by atoms with Crippen LogP contribution in [0.4, 0.5) is 13.2 Å². The first-order chi connectivity index (χ1) is 18.8. The van der Waals surface area contributed by atoms with Crippen LogP contribution in [0.25, 0.3) is 11.3 Å². The van der Waals surface area contributed by atoms with Crippen LogP contribution < -0.4 is 10.3 Å². The summed E-state index contributed by atoms with van der Waals surface area (Å²) < 4.78 is 43.4. The van der Waals surface area contributed by atoms with Crippen molar-refractivity contribution in [2.75, 3.05) is 0 Å². The van der Waals surface area contributed by atoms with Crippen LogP contribution in [0.5, 0.6) is 5.88 Å². The van der Waals surface area contributed by atoms with E-state index in [0.717, 1.165) is 37.7 Å². The predicted molar refractivity (Wildman–Crippen MR) is 139 cm³/mol. The van der Waals surface area contributed by atoms with E-state index < -0.39 is 6.61 Å². The standard InChI is InChI=1S/C21H22F2N6O2.C7H7F/c1-13-26-10-15(11-27-13)17-9-16(14-5-3-2-4-6-14)20(30)29(28-17)12-18-19(31-21(22)23)25-8-7-24-18;1-6-3-2-4-7(8)5-6/h7-11,14,21H,2-6,12H2,1H3;2-5H,1H3. The molecule has 0 spiro atoms. The van der Waals surface area contributed by atoms with Crippen LogP contribution in [0.2, 0.25) is 0 Å². The molecule has 0 unspecified atom stereocenters. The average molecular weight is 539 g/mol. The molecule has 39 heavy (non-hydrogen) atoms. The highest BCUT2D eigenvalue weighted by atomic mass is 19.3. The third kappa shape index (κ3) is 7.68. The molecule has 3 heterocycles. The van der Waals surface area contributed by atoms with Crippen LogP contribution in [0.15, 0.2) is 59.9 Å². The van der Waals surface area contributed by atoms with Gasteiger partial charge in [0.15, 0.2) is 0 Å². The van der Waals surface area contributed by atoms with Crippen molar-refractivity contribution in [2.24, 2.45) is 0 Å². The average Bonchev–Trinajstić information content (AvgIpc) is 2.92. The Bertz CT molecular complexity index is 1420. The van der Waals surface area contributed by atoms with Crippen molar-refractivity contribution in [2.45, 2.75) is 65.0 Å². The molecule has 1 aromatic carbocycles. The Morgan fingerprint density at radius 1 is 1.00 bits per heavy atom. The summed E-state index contributed by atoms with van der Waals surface area (Å²) in [6.45, 7) is 0.455. The second-order valence-corrected chi connectivity index (χ2v) is 9.29. The van der Waals surface area contributed by atoms with Crippen molar-refractivity contribution >= 4 is 0 Å². The molecule has 0 saturated heterocycles. The van der Waals surface area contributed by atoms with E-state index in [1.54, 1.807) is 31.5 Å². The van der Waals surface area contributed by atoms with E-state index in [2.05, 4.69) is 29.8 Å². The number of ether oxygens (including phenoxy) is 1. The maximum absolute atomic E-state index is 13.3. The van der Waals surface area contributed by atoms with E-state index in [1.807, 2.05) is 13.0 Å². The molecule has 1 aliphatic rings. The minimum atomic E-state index is -3.05. The van der Waals surface area contributed by atoms with Crippen molar-refractivity contribution in [1.29, 1.82) is 0 Å². The maximum Gasteiger partial charge on any atom is 0.388 e. The molecule has 5 rings (SSSR count). The third-order valence-corrected chi connectivity index (χ3v) is 6.34. The minimum absolute atomic E-state index is 0.101. The highest BCUT2D eigenvalue weighted by molar-refractivity contribution is 5.57. The number of alkyl halides is 2. The lowest BCUT2D eigenvalue weighted by atomic mass is 9.84. The molecule has 0 aliphatic heterocycles.